The van der Waals surface area contributed by atoms with Gasteiger partial charge in [0.2, 0.25) is 5.91 Å². The van der Waals surface area contributed by atoms with Gasteiger partial charge in [-0.3, -0.25) is 4.79 Å². The molecule has 146 valence electrons. The molecule has 1 heterocycles. The van der Waals surface area contributed by atoms with Crippen molar-refractivity contribution in [3.05, 3.63) is 54.6 Å². The number of nitrogens with zero attached hydrogens (tertiary/aromatic N) is 2. The molecule has 1 aliphatic carbocycles. The van der Waals surface area contributed by atoms with E-state index < -0.39 is 0 Å². The van der Waals surface area contributed by atoms with Gasteiger partial charge in [-0.15, -0.1) is 0 Å². The lowest BCUT2D eigenvalue weighted by Gasteiger charge is -2.40. The van der Waals surface area contributed by atoms with Crippen LogP contribution in [-0.4, -0.2) is 47.4 Å². The molecule has 3 amide bonds. The number of piperazine rings is 1. The Morgan fingerprint density at radius 2 is 1.61 bits per heavy atom. The molecule has 4 rings (SSSR count). The molecule has 1 saturated heterocycles. The average Bonchev–Trinajstić information content (AvgIpc) is 2.75. The number of benzene rings is 2. The molecule has 0 spiro atoms. The minimum Gasteiger partial charge on any atom is -0.336 e. The first-order valence-corrected chi connectivity index (χ1v) is 10.2. The number of rotatable bonds is 3. The van der Waals surface area contributed by atoms with Gasteiger partial charge in [-0.2, -0.15) is 0 Å². The van der Waals surface area contributed by atoms with Gasteiger partial charge < -0.3 is 15.1 Å². The van der Waals surface area contributed by atoms with Gasteiger partial charge in [-0.05, 0) is 24.5 Å². The van der Waals surface area contributed by atoms with Gasteiger partial charge >= 0.3 is 6.03 Å². The molecule has 5 heteroatoms. The van der Waals surface area contributed by atoms with E-state index in [0.29, 0.717) is 19.1 Å². The van der Waals surface area contributed by atoms with Crippen molar-refractivity contribution in [3.8, 4) is 11.1 Å². The van der Waals surface area contributed by atoms with Crippen molar-refractivity contribution in [1.82, 2.24) is 9.80 Å². The summed E-state index contributed by atoms with van der Waals surface area (Å²) in [6.07, 6.45) is 5.88. The van der Waals surface area contributed by atoms with Crippen LogP contribution in [0.1, 0.15) is 32.1 Å². The van der Waals surface area contributed by atoms with Gasteiger partial charge in [0.15, 0.2) is 0 Å². The van der Waals surface area contributed by atoms with E-state index in [2.05, 4.69) is 5.32 Å². The lowest BCUT2D eigenvalue weighted by atomic mass is 9.93. The fraction of sp³-hybridized carbons (Fsp3) is 0.391. The number of urea groups is 1. The summed E-state index contributed by atoms with van der Waals surface area (Å²) in [5.41, 5.74) is 2.79. The van der Waals surface area contributed by atoms with Crippen LogP contribution in [0, 0.1) is 0 Å². The highest BCUT2D eigenvalue weighted by atomic mass is 16.2. The highest BCUT2D eigenvalue weighted by molar-refractivity contribution is 5.96. The van der Waals surface area contributed by atoms with E-state index in [9.17, 15) is 9.59 Å². The smallest absolute Gasteiger partial charge is 0.322 e. The van der Waals surface area contributed by atoms with Crippen LogP contribution in [0.15, 0.2) is 54.6 Å². The van der Waals surface area contributed by atoms with Crippen LogP contribution in [0.5, 0.6) is 0 Å². The first-order chi connectivity index (χ1) is 13.7. The first kappa shape index (κ1) is 18.5. The minimum atomic E-state index is -0.208. The third-order valence-electron chi connectivity index (χ3n) is 5.81. The Bertz CT molecular complexity index is 831. The summed E-state index contributed by atoms with van der Waals surface area (Å²) in [7, 11) is 0. The number of amides is 3. The van der Waals surface area contributed by atoms with Crippen molar-refractivity contribution in [3.63, 3.8) is 0 Å². The summed E-state index contributed by atoms with van der Waals surface area (Å²) < 4.78 is 0. The molecule has 0 unspecified atom stereocenters. The molecule has 28 heavy (non-hydrogen) atoms. The van der Waals surface area contributed by atoms with Crippen LogP contribution in [-0.2, 0) is 4.79 Å². The summed E-state index contributed by atoms with van der Waals surface area (Å²) in [4.78, 5) is 29.1. The molecular formula is C23H27N3O2. The van der Waals surface area contributed by atoms with Gasteiger partial charge in [0.05, 0.1) is 5.69 Å². The summed E-state index contributed by atoms with van der Waals surface area (Å²) in [5.74, 6) is 0.0737. The van der Waals surface area contributed by atoms with Crippen LogP contribution in [0.2, 0.25) is 0 Å². The van der Waals surface area contributed by atoms with Crippen LogP contribution in [0.3, 0.4) is 0 Å². The van der Waals surface area contributed by atoms with Crippen LogP contribution in [0.25, 0.3) is 11.1 Å². The SMILES string of the molecule is O=C(Nc1ccccc1-c1ccccc1)N1CCN(C2CCCCC2)C(=O)C1. The summed E-state index contributed by atoms with van der Waals surface area (Å²) in [5, 5.41) is 3.01. The third-order valence-corrected chi connectivity index (χ3v) is 5.81. The van der Waals surface area contributed by atoms with Gasteiger partial charge in [-0.1, -0.05) is 67.8 Å². The lowest BCUT2D eigenvalue weighted by molar-refractivity contribution is -0.138. The number of para-hydroxylation sites is 1. The monoisotopic (exact) mass is 377 g/mol. The molecule has 0 atom stereocenters. The second-order valence-corrected chi connectivity index (χ2v) is 7.64. The van der Waals surface area contributed by atoms with Gasteiger partial charge in [0.1, 0.15) is 6.54 Å². The summed E-state index contributed by atoms with van der Waals surface area (Å²) in [6, 6.07) is 17.9. The van der Waals surface area contributed by atoms with Crippen LogP contribution in [0.4, 0.5) is 10.5 Å². The molecule has 1 aliphatic heterocycles. The van der Waals surface area contributed by atoms with E-state index in [1.54, 1.807) is 4.90 Å². The molecule has 1 N–H and O–H groups in total. The van der Waals surface area contributed by atoms with E-state index in [4.69, 9.17) is 0 Å². The number of anilines is 1. The highest BCUT2D eigenvalue weighted by Crippen LogP contribution is 2.28. The molecule has 0 bridgehead atoms. The Kier molecular flexibility index (Phi) is 5.60. The Balaban J connectivity index is 1.42. The average molecular weight is 377 g/mol. The van der Waals surface area contributed by atoms with Crippen molar-refractivity contribution < 1.29 is 9.59 Å². The maximum absolute atomic E-state index is 12.8. The van der Waals surface area contributed by atoms with Crippen molar-refractivity contribution >= 4 is 17.6 Å². The molecule has 2 fully saturated rings. The van der Waals surface area contributed by atoms with Crippen molar-refractivity contribution in [2.24, 2.45) is 0 Å². The number of carbonyl (C=O) groups is 2. The Hall–Kier alpha value is -2.82. The number of nitrogens with one attached hydrogen (secondary N) is 1. The second kappa shape index (κ2) is 8.46. The second-order valence-electron chi connectivity index (χ2n) is 7.64. The van der Waals surface area contributed by atoms with E-state index in [-0.39, 0.29) is 18.5 Å². The van der Waals surface area contributed by atoms with Gasteiger partial charge in [0, 0.05) is 24.7 Å². The molecule has 5 nitrogen and oxygen atoms in total. The zero-order valence-corrected chi connectivity index (χ0v) is 16.1. The van der Waals surface area contributed by atoms with Crippen molar-refractivity contribution in [1.29, 1.82) is 0 Å². The maximum Gasteiger partial charge on any atom is 0.322 e. The maximum atomic E-state index is 12.8. The normalized spacial score (nSPS) is 18.2. The minimum absolute atomic E-state index is 0.0737. The predicted molar refractivity (Wildman–Crippen MR) is 111 cm³/mol. The molecule has 2 aromatic carbocycles. The van der Waals surface area contributed by atoms with Crippen LogP contribution < -0.4 is 5.32 Å². The molecular weight excluding hydrogens is 350 g/mol. The largest absolute Gasteiger partial charge is 0.336 e. The van der Waals surface area contributed by atoms with E-state index in [1.165, 1.54) is 19.3 Å². The molecule has 0 radical (unpaired) electrons. The van der Waals surface area contributed by atoms with Crippen molar-refractivity contribution in [2.45, 2.75) is 38.1 Å². The number of hydrogen-bond acceptors (Lipinski definition) is 2. The number of carbonyl (C=O) groups excluding carboxylic acids is 2. The standard InChI is InChI=1S/C23H27N3O2/c27-22-17-25(15-16-26(22)19-11-5-2-6-12-19)23(28)24-21-14-8-7-13-20(21)18-9-3-1-4-10-18/h1,3-4,7-10,13-14,19H,2,5-6,11-12,15-17H2,(H,24,28). The fourth-order valence-corrected chi connectivity index (χ4v) is 4.29. The molecule has 1 saturated carbocycles. The van der Waals surface area contributed by atoms with Crippen LogP contribution >= 0.6 is 0 Å². The highest BCUT2D eigenvalue weighted by Gasteiger charge is 2.32. The lowest BCUT2D eigenvalue weighted by Crippen LogP contribution is -2.56. The summed E-state index contributed by atoms with van der Waals surface area (Å²) in [6.45, 7) is 1.38. The Morgan fingerprint density at radius 1 is 0.893 bits per heavy atom. The van der Waals surface area contributed by atoms with Gasteiger partial charge in [0.25, 0.3) is 0 Å². The quantitative estimate of drug-likeness (QED) is 0.864. The zero-order valence-electron chi connectivity index (χ0n) is 16.1. The Morgan fingerprint density at radius 3 is 2.36 bits per heavy atom. The van der Waals surface area contributed by atoms with E-state index in [1.807, 2.05) is 59.5 Å². The molecule has 2 aromatic rings. The predicted octanol–water partition coefficient (Wildman–Crippen LogP) is 4.36. The zero-order chi connectivity index (χ0) is 19.3. The number of hydrogen-bond donors (Lipinski definition) is 1. The fourth-order valence-electron chi connectivity index (χ4n) is 4.29. The molecule has 2 aliphatic rings. The van der Waals surface area contributed by atoms with E-state index in [0.717, 1.165) is 29.7 Å². The topological polar surface area (TPSA) is 52.7 Å². The Labute approximate surface area is 166 Å². The van der Waals surface area contributed by atoms with Crippen molar-refractivity contribution in [2.75, 3.05) is 25.0 Å². The van der Waals surface area contributed by atoms with E-state index >= 15 is 0 Å². The van der Waals surface area contributed by atoms with Gasteiger partial charge in [-0.25, -0.2) is 4.79 Å². The molecule has 0 aromatic heterocycles. The first-order valence-electron chi connectivity index (χ1n) is 10.2. The third kappa shape index (κ3) is 4.03. The summed E-state index contributed by atoms with van der Waals surface area (Å²) >= 11 is 0.